The molecule has 2 heterocycles. The Balaban J connectivity index is 1.56. The first-order valence-corrected chi connectivity index (χ1v) is 8.32. The van der Waals surface area contributed by atoms with Crippen LogP contribution in [0.3, 0.4) is 0 Å². The van der Waals surface area contributed by atoms with Crippen molar-refractivity contribution >= 4 is 5.91 Å². The number of amides is 1. The van der Waals surface area contributed by atoms with E-state index in [0.29, 0.717) is 25.1 Å². The topological polar surface area (TPSA) is 68.9 Å². The molecular formula is C17H21FN4O2. The maximum atomic E-state index is 13.5. The fraction of sp³-hybridized carbons (Fsp3) is 0.471. The van der Waals surface area contributed by atoms with Crippen molar-refractivity contribution in [3.63, 3.8) is 0 Å². The SMILES string of the molecule is O=C(Cn1nc2n(c1=O)CCCCC2)NCCc1ccccc1F. The van der Waals surface area contributed by atoms with E-state index in [-0.39, 0.29) is 24.0 Å². The largest absolute Gasteiger partial charge is 0.354 e. The van der Waals surface area contributed by atoms with Crippen molar-refractivity contribution < 1.29 is 9.18 Å². The van der Waals surface area contributed by atoms with E-state index in [0.717, 1.165) is 31.5 Å². The number of nitrogens with zero attached hydrogens (tertiary/aromatic N) is 3. The highest BCUT2D eigenvalue weighted by Gasteiger charge is 2.17. The number of carbonyl (C=O) groups excluding carboxylic acids is 1. The van der Waals surface area contributed by atoms with Crippen molar-refractivity contribution in [2.24, 2.45) is 0 Å². The zero-order chi connectivity index (χ0) is 16.9. The number of halogens is 1. The van der Waals surface area contributed by atoms with E-state index < -0.39 is 0 Å². The van der Waals surface area contributed by atoms with Crippen LogP contribution in [0.25, 0.3) is 0 Å². The Labute approximate surface area is 139 Å². The molecule has 0 spiro atoms. The van der Waals surface area contributed by atoms with Crippen LogP contribution in [0.5, 0.6) is 0 Å². The Bertz CT molecular complexity index is 781. The molecule has 0 fully saturated rings. The first kappa shape index (κ1) is 16.4. The summed E-state index contributed by atoms with van der Waals surface area (Å²) >= 11 is 0. The van der Waals surface area contributed by atoms with Crippen molar-refractivity contribution in [1.29, 1.82) is 0 Å². The smallest absolute Gasteiger partial charge is 0.346 e. The van der Waals surface area contributed by atoms with Crippen LogP contribution in [-0.2, 0) is 30.7 Å². The van der Waals surface area contributed by atoms with E-state index in [1.54, 1.807) is 22.8 Å². The molecule has 6 nitrogen and oxygen atoms in total. The van der Waals surface area contributed by atoms with Gasteiger partial charge in [-0.05, 0) is 30.9 Å². The summed E-state index contributed by atoms with van der Waals surface area (Å²) in [6.07, 6.45) is 4.27. The van der Waals surface area contributed by atoms with Crippen molar-refractivity contribution in [1.82, 2.24) is 19.7 Å². The molecule has 0 bridgehead atoms. The molecule has 1 aliphatic heterocycles. The molecule has 128 valence electrons. The van der Waals surface area contributed by atoms with Crippen molar-refractivity contribution in [3.05, 3.63) is 52.0 Å². The normalized spacial score (nSPS) is 14.0. The van der Waals surface area contributed by atoms with Crippen molar-refractivity contribution in [3.8, 4) is 0 Å². The summed E-state index contributed by atoms with van der Waals surface area (Å²) in [6, 6.07) is 6.48. The summed E-state index contributed by atoms with van der Waals surface area (Å²) in [4.78, 5) is 24.3. The van der Waals surface area contributed by atoms with E-state index in [1.165, 1.54) is 10.7 Å². The van der Waals surface area contributed by atoms with Gasteiger partial charge in [0.15, 0.2) is 0 Å². The molecule has 1 N–H and O–H groups in total. The highest BCUT2D eigenvalue weighted by Crippen LogP contribution is 2.10. The summed E-state index contributed by atoms with van der Waals surface area (Å²) in [5.41, 5.74) is 0.333. The molecule has 0 radical (unpaired) electrons. The Morgan fingerprint density at radius 3 is 2.92 bits per heavy atom. The second-order valence-corrected chi connectivity index (χ2v) is 6.01. The minimum absolute atomic E-state index is 0.101. The number of aromatic nitrogens is 3. The summed E-state index contributed by atoms with van der Waals surface area (Å²) in [5, 5.41) is 6.99. The summed E-state index contributed by atoms with van der Waals surface area (Å²) in [6.45, 7) is 0.890. The molecule has 0 saturated carbocycles. The number of hydrogen-bond acceptors (Lipinski definition) is 3. The van der Waals surface area contributed by atoms with Gasteiger partial charge < -0.3 is 5.32 Å². The van der Waals surface area contributed by atoms with Crippen molar-refractivity contribution in [2.45, 2.75) is 45.2 Å². The number of hydrogen-bond donors (Lipinski definition) is 1. The zero-order valence-corrected chi connectivity index (χ0v) is 13.5. The Morgan fingerprint density at radius 1 is 1.25 bits per heavy atom. The minimum atomic E-state index is -0.290. The fourth-order valence-electron chi connectivity index (χ4n) is 2.96. The van der Waals surface area contributed by atoms with E-state index >= 15 is 0 Å². The third-order valence-corrected chi connectivity index (χ3v) is 4.25. The zero-order valence-electron chi connectivity index (χ0n) is 13.5. The third kappa shape index (κ3) is 3.72. The minimum Gasteiger partial charge on any atom is -0.354 e. The number of benzene rings is 1. The molecule has 1 amide bonds. The number of carbonyl (C=O) groups is 1. The molecule has 1 aliphatic rings. The molecule has 24 heavy (non-hydrogen) atoms. The first-order valence-electron chi connectivity index (χ1n) is 8.32. The lowest BCUT2D eigenvalue weighted by atomic mass is 10.1. The van der Waals surface area contributed by atoms with Crippen LogP contribution in [0, 0.1) is 5.82 Å². The van der Waals surface area contributed by atoms with Gasteiger partial charge in [-0.15, -0.1) is 0 Å². The van der Waals surface area contributed by atoms with Crippen LogP contribution >= 0.6 is 0 Å². The predicted octanol–water partition coefficient (Wildman–Crippen LogP) is 1.27. The van der Waals surface area contributed by atoms with Gasteiger partial charge in [-0.3, -0.25) is 9.36 Å². The molecule has 0 unspecified atom stereocenters. The molecule has 1 aromatic heterocycles. The lowest BCUT2D eigenvalue weighted by molar-refractivity contribution is -0.121. The van der Waals surface area contributed by atoms with E-state index in [1.807, 2.05) is 0 Å². The van der Waals surface area contributed by atoms with Crippen LogP contribution in [0.2, 0.25) is 0 Å². The third-order valence-electron chi connectivity index (χ3n) is 4.25. The van der Waals surface area contributed by atoms with E-state index in [2.05, 4.69) is 10.4 Å². The lowest BCUT2D eigenvalue weighted by Crippen LogP contribution is -2.34. The number of rotatable bonds is 5. The second kappa shape index (κ2) is 7.42. The quantitative estimate of drug-likeness (QED) is 0.896. The maximum absolute atomic E-state index is 13.5. The Morgan fingerprint density at radius 2 is 2.08 bits per heavy atom. The van der Waals surface area contributed by atoms with Gasteiger partial charge in [-0.1, -0.05) is 24.6 Å². The average molecular weight is 332 g/mol. The Hall–Kier alpha value is -2.44. The van der Waals surface area contributed by atoms with Gasteiger partial charge in [-0.25, -0.2) is 13.9 Å². The average Bonchev–Trinajstić information content (AvgIpc) is 2.75. The van der Waals surface area contributed by atoms with E-state index in [4.69, 9.17) is 0 Å². The monoisotopic (exact) mass is 332 g/mol. The van der Waals surface area contributed by atoms with Crippen LogP contribution in [0.4, 0.5) is 4.39 Å². The van der Waals surface area contributed by atoms with Crippen molar-refractivity contribution in [2.75, 3.05) is 6.54 Å². The van der Waals surface area contributed by atoms with E-state index in [9.17, 15) is 14.0 Å². The number of nitrogens with one attached hydrogen (secondary N) is 1. The number of fused-ring (bicyclic) bond motifs is 1. The van der Waals surface area contributed by atoms with Gasteiger partial charge in [0.25, 0.3) is 0 Å². The Kier molecular flexibility index (Phi) is 5.08. The van der Waals surface area contributed by atoms with Gasteiger partial charge in [0.2, 0.25) is 5.91 Å². The van der Waals surface area contributed by atoms with Crippen LogP contribution in [0.15, 0.2) is 29.1 Å². The second-order valence-electron chi connectivity index (χ2n) is 6.01. The predicted molar refractivity (Wildman–Crippen MR) is 87.2 cm³/mol. The molecule has 0 saturated heterocycles. The summed E-state index contributed by atoms with van der Waals surface area (Å²) in [7, 11) is 0. The molecule has 0 aliphatic carbocycles. The fourth-order valence-corrected chi connectivity index (χ4v) is 2.96. The first-order chi connectivity index (χ1) is 11.6. The van der Waals surface area contributed by atoms with Crippen LogP contribution in [-0.4, -0.2) is 26.8 Å². The highest BCUT2D eigenvalue weighted by molar-refractivity contribution is 5.75. The highest BCUT2D eigenvalue weighted by atomic mass is 19.1. The van der Waals surface area contributed by atoms with Gasteiger partial charge in [0, 0.05) is 19.5 Å². The maximum Gasteiger partial charge on any atom is 0.346 e. The van der Waals surface area contributed by atoms with Gasteiger partial charge >= 0.3 is 5.69 Å². The summed E-state index contributed by atoms with van der Waals surface area (Å²) < 4.78 is 16.4. The van der Waals surface area contributed by atoms with Gasteiger partial charge in [0.1, 0.15) is 18.2 Å². The van der Waals surface area contributed by atoms with Gasteiger partial charge in [0.05, 0.1) is 0 Å². The molecule has 7 heteroatoms. The molecule has 2 aromatic rings. The lowest BCUT2D eigenvalue weighted by Gasteiger charge is -2.06. The molecular weight excluding hydrogens is 311 g/mol. The van der Waals surface area contributed by atoms with Crippen LogP contribution < -0.4 is 11.0 Å². The summed E-state index contributed by atoms with van der Waals surface area (Å²) in [5.74, 6) is 0.194. The molecule has 1 aromatic carbocycles. The van der Waals surface area contributed by atoms with Gasteiger partial charge in [-0.2, -0.15) is 5.10 Å². The molecule has 3 rings (SSSR count). The molecule has 0 atom stereocenters. The number of aryl methyl sites for hydroxylation is 1. The standard InChI is InChI=1S/C17H21FN4O2/c18-14-7-4-3-6-13(14)9-10-19-16(23)12-22-17(24)21-11-5-1-2-8-15(21)20-22/h3-4,6-7H,1-2,5,8-12H2,(H,19,23). The van der Waals surface area contributed by atoms with Crippen LogP contribution in [0.1, 0.15) is 30.7 Å².